The molecule has 10 aliphatic rings. The number of hydrogen-bond donors (Lipinski definition) is 5. The van der Waals surface area contributed by atoms with Crippen molar-refractivity contribution < 1.29 is 38.1 Å². The number of aromatic hydroxyl groups is 2. The Balaban J connectivity index is 0.00000187. The van der Waals surface area contributed by atoms with Gasteiger partial charge in [0.2, 0.25) is 0 Å². The molecule has 4 aliphatic heterocycles. The van der Waals surface area contributed by atoms with Crippen molar-refractivity contribution in [3.63, 3.8) is 0 Å². The van der Waals surface area contributed by atoms with Gasteiger partial charge in [-0.15, -0.1) is 24.8 Å². The smallest absolute Gasteiger partial charge is 0.166 e. The summed E-state index contributed by atoms with van der Waals surface area (Å²) in [5, 5.41) is 49.8. The van der Waals surface area contributed by atoms with Gasteiger partial charge in [0.1, 0.15) is 0 Å². The molecule has 270 valence electrons. The summed E-state index contributed by atoms with van der Waals surface area (Å²) >= 11 is 0. The van der Waals surface area contributed by atoms with Crippen LogP contribution in [0.5, 0.6) is 23.0 Å². The highest BCUT2D eigenvalue weighted by atomic mass is 35.5. The van der Waals surface area contributed by atoms with E-state index in [0.29, 0.717) is 76.0 Å². The highest BCUT2D eigenvalue weighted by molar-refractivity contribution is 5.85. The van der Waals surface area contributed by atoms with E-state index in [1.54, 1.807) is 21.9 Å². The number of fused-ring (bicyclic) bond motifs is 5. The average Bonchev–Trinajstić information content (AvgIpc) is 3.95. The zero-order valence-electron chi connectivity index (χ0n) is 33.9. The van der Waals surface area contributed by atoms with Crippen LogP contribution in [0.1, 0.15) is 104 Å². The summed E-state index contributed by atoms with van der Waals surface area (Å²) in [7, 11) is 0. The number of hydrogen-bond acceptors (Lipinski definition) is 8. The van der Waals surface area contributed by atoms with E-state index in [1.807, 2.05) is 12.1 Å². The Hall–Kier alpha value is -2.66. The quantitative estimate of drug-likeness (QED) is 0.262. The van der Waals surface area contributed by atoms with Crippen molar-refractivity contribution in [1.82, 2.24) is 14.8 Å². The summed E-state index contributed by atoms with van der Waals surface area (Å²) in [5.41, 5.74) is 1.03. The molecule has 3 aromatic rings. The summed E-state index contributed by atoms with van der Waals surface area (Å²) < 4.78 is 68.9. The van der Waals surface area contributed by atoms with Crippen molar-refractivity contribution in [2.45, 2.75) is 111 Å². The Morgan fingerprint density at radius 3 is 1.57 bits per heavy atom. The molecule has 9 nitrogen and oxygen atoms in total. The molecule has 13 rings (SSSR count). The Bertz CT molecular complexity index is 2200. The van der Waals surface area contributed by atoms with Crippen LogP contribution in [0.4, 0.5) is 0 Å². The van der Waals surface area contributed by atoms with Gasteiger partial charge < -0.3 is 34.9 Å². The summed E-state index contributed by atoms with van der Waals surface area (Å²) in [6.07, 6.45) is 1.74. The van der Waals surface area contributed by atoms with Crippen molar-refractivity contribution >= 4 is 24.8 Å². The number of halogens is 2. The number of aliphatic hydroxyl groups is 2. The largest absolute Gasteiger partial charge is 0.504 e. The molecule has 0 radical (unpaired) electrons. The van der Waals surface area contributed by atoms with Crippen molar-refractivity contribution in [1.29, 1.82) is 0 Å². The summed E-state index contributed by atoms with van der Waals surface area (Å²) in [5.74, 6) is -1.92. The predicted molar refractivity (Wildman–Crippen MR) is 192 cm³/mol. The first-order valence-electron chi connectivity index (χ1n) is 21.2. The summed E-state index contributed by atoms with van der Waals surface area (Å²) in [4.78, 5) is 7.21. The van der Waals surface area contributed by atoms with E-state index in [-0.39, 0.29) is 49.2 Å². The van der Waals surface area contributed by atoms with Gasteiger partial charge in [0.25, 0.3) is 0 Å². The van der Waals surface area contributed by atoms with Crippen molar-refractivity contribution in [3.05, 3.63) is 69.0 Å². The number of H-pyrrole nitrogens is 1. The number of phenolic OH excluding ortho intramolecular Hbond substituents is 2. The number of likely N-dealkylation sites (tertiary alicyclic amines) is 2. The third kappa shape index (κ3) is 3.39. The second-order valence-corrected chi connectivity index (χ2v) is 16.7. The first-order chi connectivity index (χ1) is 26.0. The van der Waals surface area contributed by atoms with Crippen LogP contribution in [-0.4, -0.2) is 84.6 Å². The maximum absolute atomic E-state index is 13.6. The first kappa shape index (κ1) is 26.2. The highest BCUT2D eigenvalue weighted by Gasteiger charge is 2.76. The molecule has 5 heterocycles. The van der Waals surface area contributed by atoms with E-state index in [0.717, 1.165) is 44.8 Å². The van der Waals surface area contributed by atoms with E-state index in [4.69, 9.17) is 12.2 Å². The number of nitrogens with one attached hydrogen (secondary N) is 1. The minimum absolute atomic E-state index is 0. The molecule has 2 saturated heterocycles. The number of rotatable bonds is 4. The maximum atomic E-state index is 13.6. The topological polar surface area (TPSA) is 122 Å². The number of nitrogens with zero attached hydrogens (tertiary/aromatic N) is 2. The Kier molecular flexibility index (Phi) is 4.98. The fraction of sp³-hybridized carbons (Fsp3) is 0.600. The van der Waals surface area contributed by atoms with E-state index in [9.17, 15) is 25.9 Å². The lowest BCUT2D eigenvalue weighted by Gasteiger charge is -2.63. The summed E-state index contributed by atoms with van der Waals surface area (Å²) in [6.45, 7) is -3.40. The predicted octanol–water partition coefficient (Wildman–Crippen LogP) is 4.67. The standard InChI is InChI=1S/C40H43N3O6.2ClH/c44-25-7-5-21-13-27-39(46)15-23-24-16-40(47)28-14-22-6-8-26(45)34-30(22)38(40,10-12-43(28)18-20-3-4-20)36(49-34)32(24)41-31(23)35-37(39,29(21)33(25)48-35)9-11-42(27)17-19-1-2-19;;/h5-8,19-20,27-28,35-36,41,44-47H,1-4,9-18H2;2*1H/t27-,28-,35+,36+,37+,38+,39-,40-;;/m1../s1/i17D2,18D2,19D,20D;;. The second kappa shape index (κ2) is 9.71. The van der Waals surface area contributed by atoms with Gasteiger partial charge in [-0.25, -0.2) is 0 Å². The third-order valence-electron chi connectivity index (χ3n) is 14.7. The van der Waals surface area contributed by atoms with E-state index in [1.165, 1.54) is 0 Å². The van der Waals surface area contributed by atoms with Gasteiger partial charge in [0.15, 0.2) is 35.2 Å². The summed E-state index contributed by atoms with van der Waals surface area (Å²) in [6, 6.07) is 5.51. The lowest BCUT2D eigenvalue weighted by atomic mass is 9.47. The van der Waals surface area contributed by atoms with Crippen LogP contribution >= 0.6 is 24.8 Å². The van der Waals surface area contributed by atoms with E-state index in [2.05, 4.69) is 4.98 Å². The fourth-order valence-electron chi connectivity index (χ4n) is 12.5. The number of piperidine rings is 2. The molecule has 2 aromatic carbocycles. The molecule has 4 fully saturated rings. The molecule has 1 aromatic heterocycles. The normalized spacial score (nSPS) is 43.3. The lowest BCUT2D eigenvalue weighted by Crippen LogP contribution is -2.75. The monoisotopic (exact) mass is 739 g/mol. The van der Waals surface area contributed by atoms with Gasteiger partial charge >= 0.3 is 0 Å². The highest BCUT2D eigenvalue weighted by Crippen LogP contribution is 2.72. The molecule has 8 atom stereocenters. The molecule has 4 bridgehead atoms. The minimum atomic E-state index is -2.00. The number of phenols is 2. The lowest BCUT2D eigenvalue weighted by molar-refractivity contribution is -0.176. The molecule has 11 heteroatoms. The average molecular weight is 741 g/mol. The number of ether oxygens (including phenoxy) is 2. The zero-order chi connectivity index (χ0) is 37.8. The molecule has 5 N–H and O–H groups in total. The molecule has 6 aliphatic carbocycles. The zero-order valence-corrected chi connectivity index (χ0v) is 29.6. The van der Waals surface area contributed by atoms with Crippen LogP contribution in [0, 0.1) is 11.8 Å². The Morgan fingerprint density at radius 1 is 0.725 bits per heavy atom. The maximum Gasteiger partial charge on any atom is 0.166 e. The van der Waals surface area contributed by atoms with Gasteiger partial charge in [-0.2, -0.15) is 0 Å². The van der Waals surface area contributed by atoms with Crippen LogP contribution in [0.2, 0.25) is 0 Å². The first-order valence-corrected chi connectivity index (χ1v) is 18.2. The van der Waals surface area contributed by atoms with Gasteiger partial charge in [0, 0.05) is 57.3 Å². The second-order valence-electron chi connectivity index (χ2n) is 16.7. The number of aromatic amines is 1. The molecular weight excluding hydrogens is 689 g/mol. The van der Waals surface area contributed by atoms with Crippen molar-refractivity contribution in [2.75, 3.05) is 26.1 Å². The Morgan fingerprint density at radius 2 is 1.16 bits per heavy atom. The van der Waals surface area contributed by atoms with Gasteiger partial charge in [-0.05, 0) is 111 Å². The van der Waals surface area contributed by atoms with Crippen molar-refractivity contribution in [2.24, 2.45) is 11.8 Å². The number of benzene rings is 2. The van der Waals surface area contributed by atoms with Gasteiger partial charge in [-0.3, -0.25) is 9.80 Å². The third-order valence-corrected chi connectivity index (χ3v) is 14.7. The van der Waals surface area contributed by atoms with E-state index < -0.39 is 71.1 Å². The van der Waals surface area contributed by atoms with Crippen LogP contribution in [0.15, 0.2) is 24.3 Å². The molecular formula is C40H45Cl2N3O6. The molecule has 51 heavy (non-hydrogen) atoms. The fourth-order valence-corrected chi connectivity index (χ4v) is 12.5. The molecule has 0 unspecified atom stereocenters. The number of aromatic nitrogens is 1. The van der Waals surface area contributed by atoms with Crippen LogP contribution < -0.4 is 9.47 Å². The van der Waals surface area contributed by atoms with Crippen LogP contribution in [0.3, 0.4) is 0 Å². The minimum Gasteiger partial charge on any atom is -0.504 e. The molecule has 2 spiro atoms. The Labute approximate surface area is 317 Å². The van der Waals surface area contributed by atoms with Gasteiger partial charge in [0.05, 0.1) is 33.4 Å². The molecule has 0 amide bonds. The van der Waals surface area contributed by atoms with Crippen molar-refractivity contribution in [3.8, 4) is 23.0 Å². The van der Waals surface area contributed by atoms with Crippen LogP contribution in [-0.2, 0) is 36.5 Å². The molecule has 2 saturated carbocycles. The van der Waals surface area contributed by atoms with Crippen LogP contribution in [0.25, 0.3) is 0 Å². The van der Waals surface area contributed by atoms with Gasteiger partial charge in [-0.1, -0.05) is 12.1 Å². The van der Waals surface area contributed by atoms with E-state index >= 15 is 0 Å². The SMILES string of the molecule is Cl.Cl.[2H]C1(C([2H])([2H])N2CC[C@]34c5c6ccc(O)c5O[C@H]3c3[nH]c5c(c3C[C@@]4(O)[C@H]2C6)C[C@@]2(O)[C@H]3Cc4ccc(O)c6c4[C@@]2(CCN3C([2H])([2H])C2([2H])CC2)[C@H]5O6)CC1.